The molecule has 4 rings (SSSR count). The molecule has 1 aromatic carbocycles. The van der Waals surface area contributed by atoms with Crippen LogP contribution in [0.15, 0.2) is 23.1 Å². The average Bonchev–Trinajstić information content (AvgIpc) is 3.02. The van der Waals surface area contributed by atoms with Crippen molar-refractivity contribution in [2.45, 2.75) is 57.9 Å². The smallest absolute Gasteiger partial charge is 0.251 e. The molecule has 3 fully saturated rings. The van der Waals surface area contributed by atoms with E-state index < -0.39 is 10.0 Å². The summed E-state index contributed by atoms with van der Waals surface area (Å²) in [6.07, 6.45) is 3.35. The van der Waals surface area contributed by atoms with Crippen molar-refractivity contribution in [3.8, 4) is 0 Å². The van der Waals surface area contributed by atoms with E-state index in [4.69, 9.17) is 4.74 Å². The predicted molar refractivity (Wildman–Crippen MR) is 111 cm³/mol. The third kappa shape index (κ3) is 3.22. The lowest BCUT2D eigenvalue weighted by Gasteiger charge is -2.39. The Morgan fingerprint density at radius 3 is 2.48 bits per heavy atom. The zero-order valence-corrected chi connectivity index (χ0v) is 18.6. The van der Waals surface area contributed by atoms with Crippen LogP contribution in [-0.4, -0.2) is 51.0 Å². The van der Waals surface area contributed by atoms with Gasteiger partial charge in [0.05, 0.1) is 18.1 Å². The minimum Gasteiger partial charge on any atom is -0.379 e. The molecule has 160 valence electrons. The van der Waals surface area contributed by atoms with Gasteiger partial charge in [-0.25, -0.2) is 8.42 Å². The van der Waals surface area contributed by atoms with Crippen molar-refractivity contribution < 1.29 is 17.9 Å². The second-order valence-corrected chi connectivity index (χ2v) is 11.5. The maximum absolute atomic E-state index is 13.1. The standard InChI is InChI=1S/C22H32N2O4S/c1-15-5-6-16(13-18(15)29(26,27)24-9-11-28-12-10-24)20(25)23-19-14-17-7-8-22(19,4)21(17,2)3/h5-6,13,17,19H,7-12,14H2,1-4H3,(H,23,25)/t17-,19?,22-/m1/s1. The Kier molecular flexibility index (Phi) is 5.07. The Morgan fingerprint density at radius 2 is 1.90 bits per heavy atom. The molecule has 0 spiro atoms. The van der Waals surface area contributed by atoms with E-state index in [1.54, 1.807) is 19.1 Å². The fraction of sp³-hybridized carbons (Fsp3) is 0.682. The second kappa shape index (κ2) is 7.06. The zero-order valence-electron chi connectivity index (χ0n) is 17.8. The number of carbonyl (C=O) groups excluding carboxylic acids is 1. The number of amides is 1. The molecule has 3 atom stereocenters. The van der Waals surface area contributed by atoms with Crippen molar-refractivity contribution in [1.82, 2.24) is 9.62 Å². The van der Waals surface area contributed by atoms with E-state index in [9.17, 15) is 13.2 Å². The molecule has 1 saturated heterocycles. The fourth-order valence-electron chi connectivity index (χ4n) is 5.61. The van der Waals surface area contributed by atoms with Gasteiger partial charge in [-0.05, 0) is 60.6 Å². The lowest BCUT2D eigenvalue weighted by Crippen LogP contribution is -2.47. The maximum atomic E-state index is 13.1. The Morgan fingerprint density at radius 1 is 1.21 bits per heavy atom. The molecule has 1 aromatic rings. The van der Waals surface area contributed by atoms with Crippen molar-refractivity contribution in [3.05, 3.63) is 29.3 Å². The highest BCUT2D eigenvalue weighted by Crippen LogP contribution is 2.65. The summed E-state index contributed by atoms with van der Waals surface area (Å²) in [6.45, 7) is 10.2. The van der Waals surface area contributed by atoms with E-state index in [1.165, 1.54) is 16.8 Å². The monoisotopic (exact) mass is 420 g/mol. The molecular formula is C22H32N2O4S. The van der Waals surface area contributed by atoms with E-state index in [0.717, 1.165) is 12.8 Å². The molecule has 1 unspecified atom stereocenters. The van der Waals surface area contributed by atoms with Gasteiger partial charge in [0.25, 0.3) is 5.91 Å². The summed E-state index contributed by atoms with van der Waals surface area (Å²) in [7, 11) is -3.64. The number of aryl methyl sites for hydroxylation is 1. The molecule has 1 amide bonds. The first kappa shape index (κ1) is 20.8. The van der Waals surface area contributed by atoms with E-state index in [-0.39, 0.29) is 27.7 Å². The molecule has 2 saturated carbocycles. The van der Waals surface area contributed by atoms with Gasteiger partial charge >= 0.3 is 0 Å². The molecule has 29 heavy (non-hydrogen) atoms. The van der Waals surface area contributed by atoms with Crippen LogP contribution in [0.4, 0.5) is 0 Å². The van der Waals surface area contributed by atoms with Gasteiger partial charge < -0.3 is 10.1 Å². The highest BCUT2D eigenvalue weighted by molar-refractivity contribution is 7.89. The Hall–Kier alpha value is -1.44. The van der Waals surface area contributed by atoms with Gasteiger partial charge in [-0.15, -0.1) is 0 Å². The molecule has 1 N–H and O–H groups in total. The lowest BCUT2D eigenvalue weighted by atomic mass is 9.69. The van der Waals surface area contributed by atoms with E-state index in [1.807, 2.05) is 0 Å². The summed E-state index contributed by atoms with van der Waals surface area (Å²) in [5.74, 6) is 0.450. The van der Waals surface area contributed by atoms with Crippen molar-refractivity contribution in [1.29, 1.82) is 0 Å². The summed E-state index contributed by atoms with van der Waals surface area (Å²) in [4.78, 5) is 13.3. The molecule has 2 aliphatic carbocycles. The average molecular weight is 421 g/mol. The summed E-state index contributed by atoms with van der Waals surface area (Å²) < 4.78 is 32.9. The maximum Gasteiger partial charge on any atom is 0.251 e. The minimum absolute atomic E-state index is 0.0841. The number of morpholine rings is 1. The van der Waals surface area contributed by atoms with Crippen LogP contribution < -0.4 is 5.32 Å². The summed E-state index contributed by atoms with van der Waals surface area (Å²) >= 11 is 0. The third-order valence-electron chi connectivity index (χ3n) is 8.14. The number of carbonyl (C=O) groups is 1. The SMILES string of the molecule is Cc1ccc(C(=O)NC2C[C@H]3CC[C@@]2(C)C3(C)C)cc1S(=O)(=O)N1CCOCC1. The number of hydrogen-bond acceptors (Lipinski definition) is 4. The van der Waals surface area contributed by atoms with Gasteiger partial charge in [0, 0.05) is 24.7 Å². The molecule has 0 aromatic heterocycles. The van der Waals surface area contributed by atoms with Crippen LogP contribution in [0.5, 0.6) is 0 Å². The second-order valence-electron chi connectivity index (χ2n) is 9.63. The molecule has 1 heterocycles. The van der Waals surface area contributed by atoms with Gasteiger partial charge in [0.15, 0.2) is 0 Å². The van der Waals surface area contributed by atoms with Gasteiger partial charge in [-0.1, -0.05) is 26.8 Å². The van der Waals surface area contributed by atoms with Crippen molar-refractivity contribution in [2.24, 2.45) is 16.7 Å². The predicted octanol–water partition coefficient (Wildman–Crippen LogP) is 2.96. The molecule has 0 radical (unpaired) electrons. The number of rotatable bonds is 4. The van der Waals surface area contributed by atoms with Crippen LogP contribution in [0.25, 0.3) is 0 Å². The summed E-state index contributed by atoms with van der Waals surface area (Å²) in [5.41, 5.74) is 1.36. The van der Waals surface area contributed by atoms with Crippen LogP contribution in [0.2, 0.25) is 0 Å². The number of ether oxygens (including phenoxy) is 1. The molecule has 6 nitrogen and oxygen atoms in total. The summed E-state index contributed by atoms with van der Waals surface area (Å²) in [6, 6.07) is 5.12. The molecule has 3 aliphatic rings. The van der Waals surface area contributed by atoms with Crippen molar-refractivity contribution in [2.75, 3.05) is 26.3 Å². The largest absolute Gasteiger partial charge is 0.379 e. The molecule has 2 bridgehead atoms. The van der Waals surface area contributed by atoms with Crippen molar-refractivity contribution >= 4 is 15.9 Å². The quantitative estimate of drug-likeness (QED) is 0.813. The topological polar surface area (TPSA) is 75.7 Å². The number of hydrogen-bond donors (Lipinski definition) is 1. The first-order valence-corrected chi connectivity index (χ1v) is 12.0. The first-order chi connectivity index (χ1) is 13.6. The first-order valence-electron chi connectivity index (χ1n) is 10.6. The van der Waals surface area contributed by atoms with Gasteiger partial charge in [0.1, 0.15) is 0 Å². The lowest BCUT2D eigenvalue weighted by molar-refractivity contribution is 0.0730. The number of benzene rings is 1. The van der Waals surface area contributed by atoms with E-state index in [2.05, 4.69) is 26.1 Å². The Bertz CT molecular complexity index is 921. The Balaban J connectivity index is 1.57. The van der Waals surface area contributed by atoms with Crippen LogP contribution in [-0.2, 0) is 14.8 Å². The number of nitrogens with zero attached hydrogens (tertiary/aromatic N) is 1. The van der Waals surface area contributed by atoms with Gasteiger partial charge in [0.2, 0.25) is 10.0 Å². The number of fused-ring (bicyclic) bond motifs is 2. The highest BCUT2D eigenvalue weighted by Gasteiger charge is 2.61. The number of sulfonamides is 1. The van der Waals surface area contributed by atoms with Crippen LogP contribution >= 0.6 is 0 Å². The highest BCUT2D eigenvalue weighted by atomic mass is 32.2. The van der Waals surface area contributed by atoms with Crippen molar-refractivity contribution in [3.63, 3.8) is 0 Å². The molecule has 1 aliphatic heterocycles. The minimum atomic E-state index is -3.64. The normalized spacial score (nSPS) is 31.7. The molecular weight excluding hydrogens is 388 g/mol. The summed E-state index contributed by atoms with van der Waals surface area (Å²) in [5, 5.41) is 3.23. The number of nitrogens with one attached hydrogen (secondary N) is 1. The van der Waals surface area contributed by atoms with E-state index >= 15 is 0 Å². The van der Waals surface area contributed by atoms with Gasteiger partial charge in [-0.2, -0.15) is 4.31 Å². The zero-order chi connectivity index (χ0) is 21.0. The van der Waals surface area contributed by atoms with Crippen LogP contribution in [0.3, 0.4) is 0 Å². The molecule has 7 heteroatoms. The Labute approximate surface area is 174 Å². The fourth-order valence-corrected chi connectivity index (χ4v) is 7.27. The third-order valence-corrected chi connectivity index (χ3v) is 10.2. The van der Waals surface area contributed by atoms with Gasteiger partial charge in [-0.3, -0.25) is 4.79 Å². The van der Waals surface area contributed by atoms with Crippen LogP contribution in [0.1, 0.15) is 56.0 Å². The van der Waals surface area contributed by atoms with E-state index in [0.29, 0.717) is 43.3 Å². The van der Waals surface area contributed by atoms with Crippen LogP contribution in [0, 0.1) is 23.7 Å².